The molecule has 0 fully saturated rings. The van der Waals surface area contributed by atoms with E-state index in [1.807, 2.05) is 17.5 Å². The fraction of sp³-hybridized carbons (Fsp3) is 0.100. The monoisotopic (exact) mass is 221 g/mol. The van der Waals surface area contributed by atoms with Crippen LogP contribution in [0.15, 0.2) is 22.4 Å². The van der Waals surface area contributed by atoms with Crippen LogP contribution in [0.1, 0.15) is 5.56 Å². The van der Waals surface area contributed by atoms with Crippen molar-refractivity contribution in [2.24, 2.45) is 0 Å². The van der Waals surface area contributed by atoms with E-state index in [-0.39, 0.29) is 0 Å². The van der Waals surface area contributed by atoms with Crippen LogP contribution in [-0.2, 0) is 0 Å². The van der Waals surface area contributed by atoms with Crippen LogP contribution in [0.4, 0.5) is 0 Å². The van der Waals surface area contributed by atoms with Crippen LogP contribution in [0.3, 0.4) is 0 Å². The predicted octanol–water partition coefficient (Wildman–Crippen LogP) is 3.07. The Bertz CT molecular complexity index is 525. The minimum atomic E-state index is 0.662. The van der Waals surface area contributed by atoms with Crippen molar-refractivity contribution < 1.29 is 4.74 Å². The lowest BCUT2D eigenvalue weighted by Gasteiger charge is -2.03. The van der Waals surface area contributed by atoms with Gasteiger partial charge in [0, 0.05) is 15.0 Å². The van der Waals surface area contributed by atoms with Crippen LogP contribution in [0.2, 0.25) is 0 Å². The smallest absolute Gasteiger partial charge is 0.129 e. The van der Waals surface area contributed by atoms with Crippen molar-refractivity contribution in [3.05, 3.63) is 23.1 Å². The van der Waals surface area contributed by atoms with E-state index in [2.05, 4.69) is 18.7 Å². The van der Waals surface area contributed by atoms with Gasteiger partial charge < -0.3 is 4.74 Å². The highest BCUT2D eigenvalue weighted by atomic mass is 32.1. The van der Waals surface area contributed by atoms with Crippen molar-refractivity contribution in [1.82, 2.24) is 0 Å². The Kier molecular flexibility index (Phi) is 2.36. The second kappa shape index (κ2) is 3.52. The molecular weight excluding hydrogens is 214 g/mol. The molecule has 1 aromatic carbocycles. The van der Waals surface area contributed by atoms with Crippen molar-refractivity contribution in [1.29, 1.82) is 5.26 Å². The van der Waals surface area contributed by atoms with Gasteiger partial charge in [0.2, 0.25) is 0 Å². The summed E-state index contributed by atoms with van der Waals surface area (Å²) in [5.41, 5.74) is 0.662. The maximum absolute atomic E-state index is 8.90. The number of ether oxygens (including phenoxy) is 1. The Labute approximate surface area is 91.1 Å². The Balaban J connectivity index is 2.87. The molecule has 0 amide bonds. The summed E-state index contributed by atoms with van der Waals surface area (Å²) < 4.78 is 6.25. The number of fused-ring (bicyclic) bond motifs is 1. The first-order chi connectivity index (χ1) is 6.76. The molecule has 1 aromatic heterocycles. The zero-order chi connectivity index (χ0) is 10.1. The molecular formula is C10H7NOS2. The summed E-state index contributed by atoms with van der Waals surface area (Å²) in [5.74, 6) is 0.713. The molecule has 2 aromatic rings. The Morgan fingerprint density at radius 3 is 2.93 bits per heavy atom. The second-order valence-corrected chi connectivity index (χ2v) is 4.21. The largest absolute Gasteiger partial charge is 0.496 e. The molecule has 0 saturated heterocycles. The van der Waals surface area contributed by atoms with Gasteiger partial charge in [0.25, 0.3) is 0 Å². The molecule has 0 aliphatic carbocycles. The standard InChI is InChI=1S/C10H7NOS2/c1-12-8-2-7(13)3-9-10(8)6(4-11)5-14-9/h2-3,5,13H,1H3. The van der Waals surface area contributed by atoms with Crippen LogP contribution in [-0.4, -0.2) is 7.11 Å². The maximum atomic E-state index is 8.90. The first kappa shape index (κ1) is 9.38. The molecule has 0 aliphatic heterocycles. The van der Waals surface area contributed by atoms with E-state index >= 15 is 0 Å². The van der Waals surface area contributed by atoms with Crippen LogP contribution in [0.25, 0.3) is 10.1 Å². The van der Waals surface area contributed by atoms with Crippen molar-refractivity contribution in [3.8, 4) is 11.8 Å². The molecule has 0 unspecified atom stereocenters. The summed E-state index contributed by atoms with van der Waals surface area (Å²) in [6, 6.07) is 5.91. The Morgan fingerprint density at radius 2 is 2.29 bits per heavy atom. The highest BCUT2D eigenvalue weighted by Gasteiger charge is 2.09. The van der Waals surface area contributed by atoms with Gasteiger partial charge in [0.15, 0.2) is 0 Å². The third-order valence-electron chi connectivity index (χ3n) is 1.96. The van der Waals surface area contributed by atoms with Crippen LogP contribution in [0, 0.1) is 11.3 Å². The zero-order valence-corrected chi connectivity index (χ0v) is 9.15. The van der Waals surface area contributed by atoms with E-state index in [4.69, 9.17) is 10.00 Å². The highest BCUT2D eigenvalue weighted by Crippen LogP contribution is 2.35. The van der Waals surface area contributed by atoms with Gasteiger partial charge in [-0.2, -0.15) is 5.26 Å². The van der Waals surface area contributed by atoms with Crippen LogP contribution >= 0.6 is 24.0 Å². The lowest BCUT2D eigenvalue weighted by molar-refractivity contribution is 0.419. The molecule has 0 radical (unpaired) electrons. The van der Waals surface area contributed by atoms with Gasteiger partial charge in [-0.3, -0.25) is 0 Å². The fourth-order valence-corrected chi connectivity index (χ4v) is 2.63. The van der Waals surface area contributed by atoms with Gasteiger partial charge in [0.05, 0.1) is 18.1 Å². The second-order valence-electron chi connectivity index (χ2n) is 2.78. The molecule has 70 valence electrons. The van der Waals surface area contributed by atoms with Gasteiger partial charge >= 0.3 is 0 Å². The summed E-state index contributed by atoms with van der Waals surface area (Å²) in [5, 5.41) is 11.6. The minimum Gasteiger partial charge on any atom is -0.496 e. The van der Waals surface area contributed by atoms with E-state index in [0.717, 1.165) is 15.0 Å². The number of hydrogen-bond acceptors (Lipinski definition) is 4. The molecule has 2 nitrogen and oxygen atoms in total. The average molecular weight is 221 g/mol. The van der Waals surface area contributed by atoms with Crippen molar-refractivity contribution in [2.75, 3.05) is 7.11 Å². The lowest BCUT2D eigenvalue weighted by atomic mass is 10.2. The Morgan fingerprint density at radius 1 is 1.50 bits per heavy atom. The number of hydrogen-bond donors (Lipinski definition) is 1. The first-order valence-corrected chi connectivity index (χ1v) is 5.27. The fourth-order valence-electron chi connectivity index (χ4n) is 1.36. The number of thiol groups is 1. The number of nitriles is 1. The molecule has 0 atom stereocenters. The number of rotatable bonds is 1. The Hall–Kier alpha value is -1.18. The molecule has 4 heteroatoms. The number of methoxy groups -OCH3 is 1. The summed E-state index contributed by atoms with van der Waals surface area (Å²) in [6.45, 7) is 0. The third kappa shape index (κ3) is 1.35. The molecule has 0 saturated carbocycles. The molecule has 0 aliphatic rings. The van der Waals surface area contributed by atoms with Gasteiger partial charge in [-0.25, -0.2) is 0 Å². The number of nitrogens with zero attached hydrogens (tertiary/aromatic N) is 1. The average Bonchev–Trinajstić information content (AvgIpc) is 2.59. The van der Waals surface area contributed by atoms with Crippen LogP contribution < -0.4 is 4.74 Å². The van der Waals surface area contributed by atoms with Gasteiger partial charge in [-0.15, -0.1) is 24.0 Å². The normalized spacial score (nSPS) is 10.1. The number of benzene rings is 1. The van der Waals surface area contributed by atoms with Gasteiger partial charge in [-0.05, 0) is 12.1 Å². The van der Waals surface area contributed by atoms with E-state index in [9.17, 15) is 0 Å². The number of thiophene rings is 1. The SMILES string of the molecule is COc1cc(S)cc2scc(C#N)c12. The van der Waals surface area contributed by atoms with Crippen molar-refractivity contribution in [2.45, 2.75) is 4.90 Å². The van der Waals surface area contributed by atoms with E-state index in [1.165, 1.54) is 11.3 Å². The van der Waals surface area contributed by atoms with Gasteiger partial charge in [0.1, 0.15) is 11.8 Å². The minimum absolute atomic E-state index is 0.662. The maximum Gasteiger partial charge on any atom is 0.129 e. The van der Waals surface area contributed by atoms with E-state index in [0.29, 0.717) is 11.3 Å². The first-order valence-electron chi connectivity index (χ1n) is 3.94. The summed E-state index contributed by atoms with van der Waals surface area (Å²) >= 11 is 5.80. The molecule has 14 heavy (non-hydrogen) atoms. The highest BCUT2D eigenvalue weighted by molar-refractivity contribution is 7.80. The summed E-state index contributed by atoms with van der Waals surface area (Å²) in [6.07, 6.45) is 0. The molecule has 0 spiro atoms. The quantitative estimate of drug-likeness (QED) is 0.751. The van der Waals surface area contributed by atoms with Crippen molar-refractivity contribution in [3.63, 3.8) is 0 Å². The topological polar surface area (TPSA) is 33.0 Å². The van der Waals surface area contributed by atoms with Crippen molar-refractivity contribution >= 4 is 34.1 Å². The van der Waals surface area contributed by atoms with Gasteiger partial charge in [-0.1, -0.05) is 0 Å². The predicted molar refractivity (Wildman–Crippen MR) is 60.3 cm³/mol. The molecule has 1 heterocycles. The lowest BCUT2D eigenvalue weighted by Crippen LogP contribution is -1.84. The summed E-state index contributed by atoms with van der Waals surface area (Å²) in [4.78, 5) is 0.848. The molecule has 0 N–H and O–H groups in total. The molecule has 2 rings (SSSR count). The van der Waals surface area contributed by atoms with E-state index in [1.54, 1.807) is 7.11 Å². The van der Waals surface area contributed by atoms with Crippen LogP contribution in [0.5, 0.6) is 5.75 Å². The zero-order valence-electron chi connectivity index (χ0n) is 7.44. The van der Waals surface area contributed by atoms with E-state index < -0.39 is 0 Å². The third-order valence-corrected chi connectivity index (χ3v) is 3.15. The summed E-state index contributed by atoms with van der Waals surface area (Å²) in [7, 11) is 1.60. The molecule has 0 bridgehead atoms.